The Morgan fingerprint density at radius 3 is 2.67 bits per heavy atom. The third kappa shape index (κ3) is 2.76. The summed E-state index contributed by atoms with van der Waals surface area (Å²) in [6.07, 6.45) is -2.66. The minimum Gasteiger partial charge on any atom is -0.445 e. The van der Waals surface area contributed by atoms with E-state index in [9.17, 15) is 13.6 Å². The molecule has 0 unspecified atom stereocenters. The highest BCUT2D eigenvalue weighted by Gasteiger charge is 2.49. The summed E-state index contributed by atoms with van der Waals surface area (Å²) in [6.45, 7) is -1.18. The first kappa shape index (κ1) is 12.8. The van der Waals surface area contributed by atoms with Crippen molar-refractivity contribution in [1.82, 2.24) is 4.90 Å². The Morgan fingerprint density at radius 1 is 1.44 bits per heavy atom. The number of nitrogens with zero attached hydrogens (tertiary/aromatic N) is 1. The normalized spacial score (nSPS) is 21.9. The van der Waals surface area contributed by atoms with E-state index in [4.69, 9.17) is 9.84 Å². The number of carbonyl (C=O) groups excluding carboxylic acids is 1. The van der Waals surface area contributed by atoms with Gasteiger partial charge < -0.3 is 9.84 Å². The lowest BCUT2D eigenvalue weighted by molar-refractivity contribution is -0.0729. The lowest BCUT2D eigenvalue weighted by atomic mass is 10.2. The Labute approximate surface area is 103 Å². The van der Waals surface area contributed by atoms with Gasteiger partial charge in [0.25, 0.3) is 5.92 Å². The number of likely N-dealkylation sites (tertiary alicyclic amines) is 1. The van der Waals surface area contributed by atoms with Crippen LogP contribution in [0.4, 0.5) is 13.6 Å². The van der Waals surface area contributed by atoms with Crippen LogP contribution in [0.2, 0.25) is 0 Å². The monoisotopic (exact) mass is 257 g/mol. The van der Waals surface area contributed by atoms with Crippen LogP contribution in [0.1, 0.15) is 5.56 Å². The highest BCUT2D eigenvalue weighted by Crippen LogP contribution is 2.27. The van der Waals surface area contributed by atoms with Gasteiger partial charge in [0.15, 0.2) is 0 Å². The molecule has 2 rings (SSSR count). The van der Waals surface area contributed by atoms with Crippen LogP contribution < -0.4 is 0 Å². The van der Waals surface area contributed by atoms with Crippen LogP contribution in [-0.4, -0.2) is 41.2 Å². The molecule has 98 valence electrons. The van der Waals surface area contributed by atoms with Gasteiger partial charge in [-0.2, -0.15) is 0 Å². The van der Waals surface area contributed by atoms with Gasteiger partial charge in [0.2, 0.25) is 0 Å². The molecule has 1 aromatic rings. The van der Waals surface area contributed by atoms with E-state index < -0.39 is 31.2 Å². The van der Waals surface area contributed by atoms with Crippen molar-refractivity contribution in [3.63, 3.8) is 0 Å². The number of rotatable bonds is 2. The second-order valence-corrected chi connectivity index (χ2v) is 4.20. The Morgan fingerprint density at radius 2 is 2.11 bits per heavy atom. The molecule has 0 spiro atoms. The zero-order valence-corrected chi connectivity index (χ0v) is 9.55. The molecule has 1 aliphatic rings. The number of hydrogen-bond donors (Lipinski definition) is 1. The molecule has 0 radical (unpaired) electrons. The smallest absolute Gasteiger partial charge is 0.410 e. The highest BCUT2D eigenvalue weighted by atomic mass is 19.3. The fourth-order valence-electron chi connectivity index (χ4n) is 1.72. The fourth-order valence-corrected chi connectivity index (χ4v) is 1.72. The summed E-state index contributed by atoms with van der Waals surface area (Å²) in [5, 5.41) is 9.06. The SMILES string of the molecule is O=C(OCc1ccccc1)N1C[C@@H](O)C(F)(F)C1. The summed E-state index contributed by atoms with van der Waals surface area (Å²) in [5.74, 6) is -3.26. The van der Waals surface area contributed by atoms with Gasteiger partial charge in [-0.25, -0.2) is 13.6 Å². The van der Waals surface area contributed by atoms with Crippen LogP contribution in [0.5, 0.6) is 0 Å². The molecule has 0 aromatic heterocycles. The van der Waals surface area contributed by atoms with Gasteiger partial charge in [0.05, 0.1) is 13.1 Å². The van der Waals surface area contributed by atoms with Gasteiger partial charge >= 0.3 is 6.09 Å². The van der Waals surface area contributed by atoms with Crippen LogP contribution >= 0.6 is 0 Å². The number of β-amino-alcohol motifs (C(OH)–C–C–N with tert-alkyl or cyclic N) is 1. The second kappa shape index (κ2) is 4.89. The molecule has 0 bridgehead atoms. The molecule has 1 fully saturated rings. The zero-order chi connectivity index (χ0) is 13.2. The number of hydrogen-bond acceptors (Lipinski definition) is 3. The summed E-state index contributed by atoms with van der Waals surface area (Å²) in [7, 11) is 0. The first-order valence-electron chi connectivity index (χ1n) is 5.50. The number of aliphatic hydroxyl groups excluding tert-OH is 1. The topological polar surface area (TPSA) is 49.8 Å². The lowest BCUT2D eigenvalue weighted by Gasteiger charge is -2.15. The molecule has 1 aliphatic heterocycles. The quantitative estimate of drug-likeness (QED) is 0.876. The van der Waals surface area contributed by atoms with Crippen molar-refractivity contribution in [2.45, 2.75) is 18.6 Å². The Balaban J connectivity index is 1.87. The maximum Gasteiger partial charge on any atom is 0.410 e. The third-order valence-corrected chi connectivity index (χ3v) is 2.75. The van der Waals surface area contributed by atoms with Crippen LogP contribution in [0.25, 0.3) is 0 Å². The summed E-state index contributed by atoms with van der Waals surface area (Å²) in [5.41, 5.74) is 0.775. The van der Waals surface area contributed by atoms with Gasteiger partial charge in [0, 0.05) is 0 Å². The second-order valence-electron chi connectivity index (χ2n) is 4.20. The summed E-state index contributed by atoms with van der Waals surface area (Å²) in [4.78, 5) is 12.3. The Bertz CT molecular complexity index is 425. The first-order valence-corrected chi connectivity index (χ1v) is 5.50. The number of carbonyl (C=O) groups is 1. The molecule has 0 saturated carbocycles. The Hall–Kier alpha value is -1.69. The van der Waals surface area contributed by atoms with Gasteiger partial charge in [-0.15, -0.1) is 0 Å². The molecule has 1 amide bonds. The van der Waals surface area contributed by atoms with Crippen molar-refractivity contribution in [1.29, 1.82) is 0 Å². The first-order chi connectivity index (χ1) is 8.49. The lowest BCUT2D eigenvalue weighted by Crippen LogP contribution is -2.32. The minimum absolute atomic E-state index is 0.0256. The predicted molar refractivity (Wildman–Crippen MR) is 59.2 cm³/mol. The third-order valence-electron chi connectivity index (χ3n) is 2.75. The van der Waals surface area contributed by atoms with Gasteiger partial charge in [0.1, 0.15) is 12.7 Å². The minimum atomic E-state index is -3.26. The van der Waals surface area contributed by atoms with Crippen LogP contribution in [0.15, 0.2) is 30.3 Å². The molecule has 1 atom stereocenters. The standard InChI is InChI=1S/C12H13F2NO3/c13-12(14)8-15(6-10(12)16)11(17)18-7-9-4-2-1-3-5-9/h1-5,10,16H,6-8H2/t10-/m1/s1. The molecule has 1 saturated heterocycles. The molecule has 1 aromatic carbocycles. The molecule has 1 N–H and O–H groups in total. The van der Waals surface area contributed by atoms with Crippen molar-refractivity contribution < 1.29 is 23.4 Å². The molecule has 0 aliphatic carbocycles. The summed E-state index contributed by atoms with van der Waals surface area (Å²) >= 11 is 0. The van der Waals surface area contributed by atoms with E-state index >= 15 is 0 Å². The van der Waals surface area contributed by atoms with Crippen molar-refractivity contribution in [2.24, 2.45) is 0 Å². The Kier molecular flexibility index (Phi) is 3.47. The molecular formula is C12H13F2NO3. The average molecular weight is 257 g/mol. The molecule has 6 heteroatoms. The van der Waals surface area contributed by atoms with Crippen LogP contribution in [0.3, 0.4) is 0 Å². The largest absolute Gasteiger partial charge is 0.445 e. The number of aliphatic hydroxyl groups is 1. The maximum atomic E-state index is 13.0. The molecule has 1 heterocycles. The van der Waals surface area contributed by atoms with Crippen molar-refractivity contribution in [3.05, 3.63) is 35.9 Å². The number of halogens is 2. The van der Waals surface area contributed by atoms with Crippen molar-refractivity contribution in [2.75, 3.05) is 13.1 Å². The van der Waals surface area contributed by atoms with Crippen molar-refractivity contribution in [3.8, 4) is 0 Å². The zero-order valence-electron chi connectivity index (χ0n) is 9.55. The van der Waals surface area contributed by atoms with E-state index in [2.05, 4.69) is 0 Å². The summed E-state index contributed by atoms with van der Waals surface area (Å²) < 4.78 is 30.9. The van der Waals surface area contributed by atoms with Crippen LogP contribution in [-0.2, 0) is 11.3 Å². The fraction of sp³-hybridized carbons (Fsp3) is 0.417. The molecule has 18 heavy (non-hydrogen) atoms. The number of ether oxygens (including phenoxy) is 1. The maximum absolute atomic E-state index is 13.0. The average Bonchev–Trinajstić information content (AvgIpc) is 2.62. The van der Waals surface area contributed by atoms with E-state index in [1.807, 2.05) is 6.07 Å². The summed E-state index contributed by atoms with van der Waals surface area (Å²) in [6, 6.07) is 8.93. The van der Waals surface area contributed by atoms with Gasteiger partial charge in [-0.1, -0.05) is 30.3 Å². The number of amides is 1. The molecule has 4 nitrogen and oxygen atoms in total. The van der Waals surface area contributed by atoms with E-state index in [1.165, 1.54) is 0 Å². The van der Waals surface area contributed by atoms with Crippen molar-refractivity contribution >= 4 is 6.09 Å². The predicted octanol–water partition coefficient (Wildman–Crippen LogP) is 1.64. The van der Waals surface area contributed by atoms with Gasteiger partial charge in [-0.05, 0) is 5.56 Å². The van der Waals surface area contributed by atoms with E-state index in [0.717, 1.165) is 10.5 Å². The number of alkyl halides is 2. The van der Waals surface area contributed by atoms with E-state index in [1.54, 1.807) is 24.3 Å². The molecular weight excluding hydrogens is 244 g/mol. The van der Waals surface area contributed by atoms with Crippen LogP contribution in [0, 0.1) is 0 Å². The van der Waals surface area contributed by atoms with E-state index in [-0.39, 0.29) is 6.61 Å². The highest BCUT2D eigenvalue weighted by molar-refractivity contribution is 5.68. The number of benzene rings is 1. The van der Waals surface area contributed by atoms with E-state index in [0.29, 0.717) is 0 Å². The van der Waals surface area contributed by atoms with Gasteiger partial charge in [-0.3, -0.25) is 4.90 Å².